The number of rotatable bonds is 4. The van der Waals surface area contributed by atoms with E-state index in [9.17, 15) is 9.90 Å². The van der Waals surface area contributed by atoms with Crippen LogP contribution in [0.5, 0.6) is 11.5 Å². The fraction of sp³-hybridized carbons (Fsp3) is 0.167. The zero-order valence-electron chi connectivity index (χ0n) is 10.4. The largest absolute Gasteiger partial charge is 1.00 e. The molecule has 0 amide bonds. The van der Waals surface area contributed by atoms with E-state index in [-0.39, 0.29) is 35.1 Å². The number of aliphatic carboxylic acids is 1. The van der Waals surface area contributed by atoms with E-state index in [1.807, 2.05) is 6.07 Å². The average molecular weight is 255 g/mol. The van der Waals surface area contributed by atoms with Crippen molar-refractivity contribution in [2.75, 3.05) is 14.2 Å². The fourth-order valence-corrected chi connectivity index (χ4v) is 1.30. The molecule has 0 heterocycles. The molecule has 1 aromatic rings. The first kappa shape index (κ1) is 16.5. The number of carboxylic acids is 1. The van der Waals surface area contributed by atoms with Crippen molar-refractivity contribution in [1.29, 1.82) is 5.26 Å². The van der Waals surface area contributed by atoms with Crippen molar-refractivity contribution in [1.82, 2.24) is 0 Å². The Bertz CT molecular complexity index is 480. The Kier molecular flexibility index (Phi) is 7.13. The number of carboxylic acid groups (broad SMARTS) is 1. The summed E-state index contributed by atoms with van der Waals surface area (Å²) in [5.41, 5.74) is 0.808. The van der Waals surface area contributed by atoms with Gasteiger partial charge in [-0.3, -0.25) is 0 Å². The van der Waals surface area contributed by atoms with E-state index in [4.69, 9.17) is 14.7 Å². The second-order valence-corrected chi connectivity index (χ2v) is 3.06. The number of nitrogens with zero attached hydrogens (tertiary/aromatic N) is 1. The van der Waals surface area contributed by atoms with Gasteiger partial charge in [0.2, 0.25) is 0 Å². The van der Waals surface area contributed by atoms with Gasteiger partial charge in [-0.25, -0.2) is 0 Å². The number of ether oxygens (including phenoxy) is 2. The van der Waals surface area contributed by atoms with E-state index in [1.165, 1.54) is 20.3 Å². The number of methoxy groups -OCH3 is 2. The maximum absolute atomic E-state index is 10.3. The van der Waals surface area contributed by atoms with Gasteiger partial charge in [0.1, 0.15) is 23.1 Å². The molecule has 1 aromatic carbocycles. The van der Waals surface area contributed by atoms with Crippen LogP contribution in [0.4, 0.5) is 0 Å². The summed E-state index contributed by atoms with van der Waals surface area (Å²) in [4.78, 5) is 10.3. The Balaban J connectivity index is 0.00000289. The summed E-state index contributed by atoms with van der Waals surface area (Å²) >= 11 is 0. The number of carbonyl (C=O) groups excluding carboxylic acids is 1. The van der Waals surface area contributed by atoms with Crippen molar-refractivity contribution in [2.45, 2.75) is 0 Å². The molecule has 0 atom stereocenters. The predicted molar refractivity (Wildman–Crippen MR) is 58.3 cm³/mol. The molecule has 0 saturated carbocycles. The van der Waals surface area contributed by atoms with Crippen molar-refractivity contribution >= 4 is 12.0 Å². The molecule has 18 heavy (non-hydrogen) atoms. The van der Waals surface area contributed by atoms with Crippen LogP contribution in [0.25, 0.3) is 6.08 Å². The second kappa shape index (κ2) is 7.77. The van der Waals surface area contributed by atoms with Crippen LogP contribution in [0.1, 0.15) is 11.1 Å². The van der Waals surface area contributed by atoms with Crippen LogP contribution in [0.2, 0.25) is 0 Å². The van der Waals surface area contributed by atoms with Crippen molar-refractivity contribution in [2.24, 2.45) is 0 Å². The first-order chi connectivity index (χ1) is 8.12. The van der Waals surface area contributed by atoms with E-state index in [2.05, 4.69) is 0 Å². The molecule has 0 aliphatic heterocycles. The maximum Gasteiger partial charge on any atom is 1.00 e. The van der Waals surface area contributed by atoms with Gasteiger partial charge < -0.3 is 19.4 Å². The zero-order valence-corrected chi connectivity index (χ0v) is 12.4. The molecule has 0 fully saturated rings. The first-order valence-electron chi connectivity index (χ1n) is 4.67. The van der Waals surface area contributed by atoms with E-state index in [0.29, 0.717) is 17.1 Å². The molecule has 0 saturated heterocycles. The Morgan fingerprint density at radius 3 is 2.17 bits per heavy atom. The van der Waals surface area contributed by atoms with Crippen LogP contribution in [0.15, 0.2) is 18.2 Å². The molecule has 0 aromatic heterocycles. The summed E-state index contributed by atoms with van der Waals surface area (Å²) in [6, 6.07) is 5.04. The molecular weight excluding hydrogens is 245 g/mol. The van der Waals surface area contributed by atoms with Crippen LogP contribution >= 0.6 is 0 Å². The molecule has 88 valence electrons. The molecule has 0 bridgehead atoms. The quantitative estimate of drug-likeness (QED) is 0.433. The van der Waals surface area contributed by atoms with Crippen LogP contribution in [-0.4, -0.2) is 20.2 Å². The van der Waals surface area contributed by atoms with E-state index in [1.54, 1.807) is 12.1 Å². The van der Waals surface area contributed by atoms with Gasteiger partial charge in [0.05, 0.1) is 20.2 Å². The standard InChI is InChI=1S/C12H11NO4.Na/c1-16-10-5-8(3-4-12(14)15)6-11(17-2)9(10)7-13;/h3-6H,1-2H3,(H,14,15);/q;+1/p-1/b4-3+;. The smallest absolute Gasteiger partial charge is 0.545 e. The Labute approximate surface area is 127 Å². The van der Waals surface area contributed by atoms with Crippen molar-refractivity contribution in [3.8, 4) is 17.6 Å². The Morgan fingerprint density at radius 2 is 1.83 bits per heavy atom. The molecule has 0 aliphatic rings. The predicted octanol–water partition coefficient (Wildman–Crippen LogP) is -2.66. The monoisotopic (exact) mass is 255 g/mol. The number of benzene rings is 1. The van der Waals surface area contributed by atoms with Gasteiger partial charge >= 0.3 is 29.6 Å². The molecule has 0 unspecified atom stereocenters. The summed E-state index contributed by atoms with van der Waals surface area (Å²) in [5, 5.41) is 19.2. The minimum atomic E-state index is -1.30. The third kappa shape index (κ3) is 4.08. The zero-order chi connectivity index (χ0) is 12.8. The summed E-state index contributed by atoms with van der Waals surface area (Å²) in [6.07, 6.45) is 2.22. The van der Waals surface area contributed by atoms with E-state index in [0.717, 1.165) is 6.08 Å². The maximum atomic E-state index is 10.3. The minimum Gasteiger partial charge on any atom is -0.545 e. The van der Waals surface area contributed by atoms with Gasteiger partial charge in [-0.15, -0.1) is 0 Å². The van der Waals surface area contributed by atoms with Crippen LogP contribution in [0, 0.1) is 11.3 Å². The van der Waals surface area contributed by atoms with Gasteiger partial charge in [-0.1, -0.05) is 6.08 Å². The third-order valence-corrected chi connectivity index (χ3v) is 2.05. The van der Waals surface area contributed by atoms with Crippen molar-refractivity contribution in [3.63, 3.8) is 0 Å². The van der Waals surface area contributed by atoms with Gasteiger partial charge in [0.15, 0.2) is 0 Å². The van der Waals surface area contributed by atoms with Gasteiger partial charge in [-0.2, -0.15) is 5.26 Å². The fourth-order valence-electron chi connectivity index (χ4n) is 1.30. The molecule has 5 nitrogen and oxygen atoms in total. The number of nitriles is 1. The van der Waals surface area contributed by atoms with Crippen LogP contribution < -0.4 is 44.1 Å². The topological polar surface area (TPSA) is 82.4 Å². The first-order valence-corrected chi connectivity index (χ1v) is 4.67. The average Bonchev–Trinajstić information content (AvgIpc) is 2.34. The molecule has 0 N–H and O–H groups in total. The molecular formula is C12H10NNaO4. The second-order valence-electron chi connectivity index (χ2n) is 3.06. The van der Waals surface area contributed by atoms with Gasteiger partial charge in [0, 0.05) is 0 Å². The molecule has 0 aliphatic carbocycles. The molecule has 1 rings (SSSR count). The minimum absolute atomic E-state index is 0. The number of hydrogen-bond acceptors (Lipinski definition) is 5. The molecule has 0 spiro atoms. The van der Waals surface area contributed by atoms with E-state index >= 15 is 0 Å². The Hall–Kier alpha value is -1.48. The SMILES string of the molecule is COc1cc(/C=C/C(=O)[O-])cc(OC)c1C#N.[Na+]. The van der Waals surface area contributed by atoms with Crippen LogP contribution in [-0.2, 0) is 4.79 Å². The Morgan fingerprint density at radius 1 is 1.33 bits per heavy atom. The van der Waals surface area contributed by atoms with Gasteiger partial charge in [-0.05, 0) is 23.8 Å². The normalized spacial score (nSPS) is 9.39. The van der Waals surface area contributed by atoms with E-state index < -0.39 is 5.97 Å². The summed E-state index contributed by atoms with van der Waals surface area (Å²) < 4.78 is 10.1. The number of carbonyl (C=O) groups is 1. The third-order valence-electron chi connectivity index (χ3n) is 2.05. The summed E-state index contributed by atoms with van der Waals surface area (Å²) in [7, 11) is 2.84. The van der Waals surface area contributed by atoms with Gasteiger partial charge in [0.25, 0.3) is 0 Å². The van der Waals surface area contributed by atoms with Crippen molar-refractivity contribution < 1.29 is 48.9 Å². The van der Waals surface area contributed by atoms with Crippen LogP contribution in [0.3, 0.4) is 0 Å². The summed E-state index contributed by atoms with van der Waals surface area (Å²) in [5.74, 6) is -0.651. The molecule has 6 heteroatoms. The number of hydrogen-bond donors (Lipinski definition) is 0. The summed E-state index contributed by atoms with van der Waals surface area (Å²) in [6.45, 7) is 0. The van der Waals surface area contributed by atoms with Crippen molar-refractivity contribution in [3.05, 3.63) is 29.3 Å². The molecule has 0 radical (unpaired) electrons.